The van der Waals surface area contributed by atoms with Crippen molar-refractivity contribution in [3.8, 4) is 0 Å². The molecule has 0 bridgehead atoms. The quantitative estimate of drug-likeness (QED) is 0.0904. The van der Waals surface area contributed by atoms with Crippen molar-refractivity contribution in [2.75, 3.05) is 0 Å². The third-order valence-corrected chi connectivity index (χ3v) is 35.3. The molecule has 0 aromatic heterocycles. The Morgan fingerprint density at radius 1 is 0.146 bits per heavy atom. The SMILES string of the molecule is Cc1ccc([P+](c2ccc(C)cc2C)(c2ccc(C)cc2C)c2ccc(C)cc2C)c(C)c1.Cc1ccc([P+](c2ccc(C)cc2C)(c2ccc(C)cc2C)c2ccc(C)cc2C)c(C)c1.Cc1ccc([P+](c2ccc(C)cc2C)(c2ccc(C)cc2C)c2ccc(C)cc2C)c(C)c1.[O-]B([O-])[O-]. The summed E-state index contributed by atoms with van der Waals surface area (Å²) in [6.07, 6.45) is 0. The van der Waals surface area contributed by atoms with Crippen molar-refractivity contribution >= 4 is 92.8 Å². The van der Waals surface area contributed by atoms with Gasteiger partial charge < -0.3 is 15.1 Å². The zero-order valence-corrected chi connectivity index (χ0v) is 68.6. The molecular formula is C96H108BO3P3. The first-order valence-corrected chi connectivity index (χ1v) is 41.6. The second kappa shape index (κ2) is 32.9. The lowest BCUT2D eigenvalue weighted by Crippen LogP contribution is -2.56. The van der Waals surface area contributed by atoms with E-state index in [1.165, 1.54) is 197 Å². The molecule has 0 radical (unpaired) electrons. The fourth-order valence-corrected chi connectivity index (χ4v) is 31.9. The van der Waals surface area contributed by atoms with E-state index in [1.807, 2.05) is 0 Å². The van der Waals surface area contributed by atoms with Gasteiger partial charge in [0.25, 0.3) is 0 Å². The predicted octanol–water partition coefficient (Wildman–Crippen LogP) is 16.4. The molecule has 0 amide bonds. The number of benzene rings is 12. The van der Waals surface area contributed by atoms with Crippen LogP contribution in [0.3, 0.4) is 0 Å². The summed E-state index contributed by atoms with van der Waals surface area (Å²) in [6.45, 7) is 54.0. The maximum absolute atomic E-state index is 8.42. The van der Waals surface area contributed by atoms with E-state index in [-0.39, 0.29) is 0 Å². The molecule has 0 heterocycles. The Bertz CT molecular complexity index is 3970. The van der Waals surface area contributed by atoms with Crippen molar-refractivity contribution in [2.24, 2.45) is 0 Å². The molecule has 7 heteroatoms. The number of rotatable bonds is 12. The van der Waals surface area contributed by atoms with Gasteiger partial charge in [0.1, 0.15) is 85.4 Å². The summed E-state index contributed by atoms with van der Waals surface area (Å²) in [5, 5.41) is 42.9. The Labute approximate surface area is 621 Å². The first-order valence-electron chi connectivity index (χ1n) is 36.2. The van der Waals surface area contributed by atoms with Gasteiger partial charge in [0.05, 0.1) is 0 Å². The Balaban J connectivity index is 0.000000175. The van der Waals surface area contributed by atoms with E-state index in [0.29, 0.717) is 0 Å². The van der Waals surface area contributed by atoms with Crippen molar-refractivity contribution in [1.82, 2.24) is 0 Å². The Kier molecular flexibility index (Phi) is 25.2. The lowest BCUT2D eigenvalue weighted by atomic mass is 10.1. The Morgan fingerprint density at radius 3 is 0.272 bits per heavy atom. The molecule has 12 aromatic carbocycles. The second-order valence-corrected chi connectivity index (χ2v) is 39.6. The van der Waals surface area contributed by atoms with Gasteiger partial charge in [-0.15, -0.1) is 0 Å². The summed E-state index contributed by atoms with van der Waals surface area (Å²) in [6, 6.07) is 84.9. The molecule has 0 unspecified atom stereocenters. The summed E-state index contributed by atoms with van der Waals surface area (Å²) in [5.41, 5.74) is 32.3. The first-order chi connectivity index (χ1) is 48.6. The zero-order chi connectivity index (χ0) is 75.3. The highest BCUT2D eigenvalue weighted by molar-refractivity contribution is 8.03. The predicted molar refractivity (Wildman–Crippen MR) is 453 cm³/mol. The molecule has 0 saturated carbocycles. The molecule has 0 spiro atoms. The van der Waals surface area contributed by atoms with Gasteiger partial charge in [-0.25, -0.2) is 0 Å². The van der Waals surface area contributed by atoms with E-state index < -0.39 is 29.1 Å². The van der Waals surface area contributed by atoms with Crippen LogP contribution in [0.15, 0.2) is 218 Å². The van der Waals surface area contributed by atoms with Crippen molar-refractivity contribution < 1.29 is 15.1 Å². The Hall–Kier alpha value is -8.13. The molecule has 3 nitrogen and oxygen atoms in total. The minimum Gasteiger partial charge on any atom is -0.907 e. The fraction of sp³-hybridized carbons (Fsp3) is 0.250. The third-order valence-electron chi connectivity index (χ3n) is 20.6. The average Bonchev–Trinajstić information content (AvgIpc) is 0.728. The summed E-state index contributed by atoms with van der Waals surface area (Å²) in [5.74, 6) is 0. The molecule has 12 rings (SSSR count). The molecule has 12 aromatic rings. The van der Waals surface area contributed by atoms with Gasteiger partial charge >= 0.3 is 0 Å². The van der Waals surface area contributed by atoms with Gasteiger partial charge in [-0.1, -0.05) is 212 Å². The van der Waals surface area contributed by atoms with Crippen LogP contribution in [0.4, 0.5) is 0 Å². The first kappa shape index (κ1) is 79.0. The highest BCUT2D eigenvalue weighted by atomic mass is 31.2. The molecule has 0 aliphatic carbocycles. The number of hydrogen-bond donors (Lipinski definition) is 0. The standard InChI is InChI=1S/3C32H36P.BO3/c3*1-21-9-13-29(25(5)17-21)33(30-14-10-22(2)18-26(30)6,31-15-11-23(3)19-27(31)7)32-16-12-24(4)20-28(32)8;2-1(3)4/h3*9-20H,1-8H3;/q3*+1;-3. The van der Waals surface area contributed by atoms with Gasteiger partial charge in [-0.2, -0.15) is 0 Å². The third kappa shape index (κ3) is 16.4. The highest BCUT2D eigenvalue weighted by Gasteiger charge is 2.55. The normalized spacial score (nSPS) is 11.4. The summed E-state index contributed by atoms with van der Waals surface area (Å²) in [4.78, 5) is 0. The monoisotopic (exact) mass is 1410 g/mol. The lowest BCUT2D eigenvalue weighted by molar-refractivity contribution is -0.479. The van der Waals surface area contributed by atoms with Crippen molar-refractivity contribution in [1.29, 1.82) is 0 Å². The maximum atomic E-state index is 8.42. The van der Waals surface area contributed by atoms with Crippen molar-refractivity contribution in [2.45, 2.75) is 166 Å². The molecule has 0 atom stereocenters. The van der Waals surface area contributed by atoms with Crippen LogP contribution >= 0.6 is 21.8 Å². The van der Waals surface area contributed by atoms with Gasteiger partial charge in [0, 0.05) is 0 Å². The average molecular weight is 1410 g/mol. The topological polar surface area (TPSA) is 69.2 Å². The fourth-order valence-electron chi connectivity index (χ4n) is 16.5. The lowest BCUT2D eigenvalue weighted by Gasteiger charge is -2.35. The van der Waals surface area contributed by atoms with E-state index in [4.69, 9.17) is 15.1 Å². The number of hydrogen-bond acceptors (Lipinski definition) is 3. The van der Waals surface area contributed by atoms with E-state index in [0.717, 1.165) is 0 Å². The van der Waals surface area contributed by atoms with Crippen LogP contribution in [-0.4, -0.2) is 7.32 Å². The summed E-state index contributed by atoms with van der Waals surface area (Å²) >= 11 is 0. The van der Waals surface area contributed by atoms with Crippen LogP contribution < -0.4 is 78.7 Å². The maximum Gasteiger partial charge on any atom is 0.145 e. The summed E-state index contributed by atoms with van der Waals surface area (Å²) in [7, 11) is -9.32. The van der Waals surface area contributed by atoms with Crippen LogP contribution in [0.2, 0.25) is 0 Å². The number of aryl methyl sites for hydroxylation is 24. The largest absolute Gasteiger partial charge is 0.907 e. The molecule has 528 valence electrons. The molecule has 0 saturated heterocycles. The summed E-state index contributed by atoms with van der Waals surface area (Å²) < 4.78 is 0. The minimum absolute atomic E-state index is 1.32. The molecule has 0 N–H and O–H groups in total. The molecule has 0 aliphatic heterocycles. The zero-order valence-electron chi connectivity index (χ0n) is 65.9. The molecule has 0 fully saturated rings. The minimum atomic E-state index is -2.92. The van der Waals surface area contributed by atoms with Crippen LogP contribution in [0.25, 0.3) is 0 Å². The molecular weight excluding hydrogens is 1300 g/mol. The van der Waals surface area contributed by atoms with E-state index in [2.05, 4.69) is 385 Å². The van der Waals surface area contributed by atoms with E-state index >= 15 is 0 Å². The van der Waals surface area contributed by atoms with Crippen LogP contribution in [0.1, 0.15) is 134 Å². The van der Waals surface area contributed by atoms with Crippen LogP contribution in [-0.2, 0) is 0 Å². The van der Waals surface area contributed by atoms with Crippen molar-refractivity contribution in [3.05, 3.63) is 352 Å². The molecule has 103 heavy (non-hydrogen) atoms. The van der Waals surface area contributed by atoms with Gasteiger partial charge in [0.2, 0.25) is 0 Å². The molecule has 0 aliphatic rings. The van der Waals surface area contributed by atoms with Crippen molar-refractivity contribution in [3.63, 3.8) is 0 Å². The van der Waals surface area contributed by atoms with Gasteiger partial charge in [-0.3, -0.25) is 7.32 Å². The van der Waals surface area contributed by atoms with E-state index in [1.54, 1.807) is 0 Å². The van der Waals surface area contributed by atoms with E-state index in [9.17, 15) is 0 Å². The van der Waals surface area contributed by atoms with Gasteiger partial charge in [0.15, 0.2) is 0 Å². The van der Waals surface area contributed by atoms with Crippen LogP contribution in [0, 0.1) is 166 Å². The Morgan fingerprint density at radius 2 is 0.214 bits per heavy atom. The van der Waals surface area contributed by atoms with Gasteiger partial charge in [-0.05, 0) is 306 Å². The highest BCUT2D eigenvalue weighted by Crippen LogP contribution is 2.60. The second-order valence-electron chi connectivity index (χ2n) is 29.8. The smallest absolute Gasteiger partial charge is 0.145 e. The van der Waals surface area contributed by atoms with Crippen LogP contribution in [0.5, 0.6) is 0 Å².